The number of carbonyl (C=O) groups excluding carboxylic acids is 1. The molecular formula is C13H27Cl2N3O2. The van der Waals surface area contributed by atoms with Gasteiger partial charge in [0.25, 0.3) is 0 Å². The Balaban J connectivity index is 0.00000180. The van der Waals surface area contributed by atoms with Gasteiger partial charge in [0, 0.05) is 31.6 Å². The normalized spacial score (nSPS) is 26.4. The maximum Gasteiger partial charge on any atom is 0.221 e. The third kappa shape index (κ3) is 6.14. The standard InChI is InChI=1S/C13H25N3O2.2ClH/c1-2-16-6-3-4-12(16)9-15-13(17)8-11-10-18-7-5-14-11;;/h11-12,14H,2-10H2,1H3,(H,15,17);2*1H. The summed E-state index contributed by atoms with van der Waals surface area (Å²) in [5.41, 5.74) is 0. The predicted molar refractivity (Wildman–Crippen MR) is 85.0 cm³/mol. The van der Waals surface area contributed by atoms with E-state index < -0.39 is 0 Å². The molecular weight excluding hydrogens is 301 g/mol. The molecule has 0 bridgehead atoms. The minimum absolute atomic E-state index is 0. The summed E-state index contributed by atoms with van der Waals surface area (Å²) in [6.07, 6.45) is 2.99. The molecule has 0 radical (unpaired) electrons. The Kier molecular flexibility index (Phi) is 10.6. The zero-order valence-electron chi connectivity index (χ0n) is 12.1. The van der Waals surface area contributed by atoms with Crippen LogP contribution in [0.1, 0.15) is 26.2 Å². The van der Waals surface area contributed by atoms with Crippen molar-refractivity contribution in [1.82, 2.24) is 15.5 Å². The van der Waals surface area contributed by atoms with Crippen molar-refractivity contribution in [3.05, 3.63) is 0 Å². The molecule has 20 heavy (non-hydrogen) atoms. The van der Waals surface area contributed by atoms with Crippen molar-refractivity contribution in [3.8, 4) is 0 Å². The molecule has 2 atom stereocenters. The molecule has 0 spiro atoms. The van der Waals surface area contributed by atoms with E-state index in [2.05, 4.69) is 22.5 Å². The molecule has 2 saturated heterocycles. The molecule has 2 N–H and O–H groups in total. The molecule has 2 unspecified atom stereocenters. The van der Waals surface area contributed by atoms with Crippen molar-refractivity contribution in [2.24, 2.45) is 0 Å². The van der Waals surface area contributed by atoms with Crippen LogP contribution in [0.5, 0.6) is 0 Å². The molecule has 0 aromatic rings. The van der Waals surface area contributed by atoms with Gasteiger partial charge in [-0.25, -0.2) is 0 Å². The van der Waals surface area contributed by atoms with Crippen LogP contribution in [-0.2, 0) is 9.53 Å². The summed E-state index contributed by atoms with van der Waals surface area (Å²) in [6.45, 7) is 7.49. The third-order valence-electron chi connectivity index (χ3n) is 3.87. The van der Waals surface area contributed by atoms with Crippen LogP contribution < -0.4 is 10.6 Å². The van der Waals surface area contributed by atoms with E-state index in [0.29, 0.717) is 19.1 Å². The zero-order chi connectivity index (χ0) is 12.8. The van der Waals surface area contributed by atoms with Crippen molar-refractivity contribution in [1.29, 1.82) is 0 Å². The van der Waals surface area contributed by atoms with E-state index in [1.54, 1.807) is 0 Å². The molecule has 0 aromatic heterocycles. The lowest BCUT2D eigenvalue weighted by molar-refractivity contribution is -0.122. The van der Waals surface area contributed by atoms with Crippen LogP contribution in [0, 0.1) is 0 Å². The Hall–Kier alpha value is -0.0700. The molecule has 2 heterocycles. The maximum atomic E-state index is 11.8. The number of hydrogen-bond donors (Lipinski definition) is 2. The Labute approximate surface area is 134 Å². The van der Waals surface area contributed by atoms with Crippen LogP contribution in [0.25, 0.3) is 0 Å². The molecule has 0 aliphatic carbocycles. The summed E-state index contributed by atoms with van der Waals surface area (Å²) in [5.74, 6) is 0.140. The van der Waals surface area contributed by atoms with Gasteiger partial charge in [0.1, 0.15) is 0 Å². The summed E-state index contributed by atoms with van der Waals surface area (Å²) in [6, 6.07) is 0.721. The first-order valence-corrected chi connectivity index (χ1v) is 7.11. The highest BCUT2D eigenvalue weighted by atomic mass is 35.5. The summed E-state index contributed by atoms with van der Waals surface area (Å²) in [5, 5.41) is 6.36. The van der Waals surface area contributed by atoms with Gasteiger partial charge >= 0.3 is 0 Å². The molecule has 2 rings (SSSR count). The SMILES string of the molecule is CCN1CCCC1CNC(=O)CC1COCCN1.Cl.Cl. The van der Waals surface area contributed by atoms with Crippen molar-refractivity contribution >= 4 is 30.7 Å². The van der Waals surface area contributed by atoms with Crippen LogP contribution in [0.15, 0.2) is 0 Å². The Morgan fingerprint density at radius 3 is 2.90 bits per heavy atom. The molecule has 2 aliphatic heterocycles. The Morgan fingerprint density at radius 2 is 2.25 bits per heavy atom. The van der Waals surface area contributed by atoms with Crippen molar-refractivity contribution < 1.29 is 9.53 Å². The molecule has 0 saturated carbocycles. The van der Waals surface area contributed by atoms with Gasteiger partial charge in [-0.2, -0.15) is 0 Å². The molecule has 2 fully saturated rings. The second kappa shape index (κ2) is 10.6. The quantitative estimate of drug-likeness (QED) is 0.784. The van der Waals surface area contributed by atoms with Crippen molar-refractivity contribution in [2.45, 2.75) is 38.3 Å². The van der Waals surface area contributed by atoms with Gasteiger partial charge in [-0.1, -0.05) is 6.92 Å². The smallest absolute Gasteiger partial charge is 0.221 e. The van der Waals surface area contributed by atoms with Gasteiger partial charge in [-0.3, -0.25) is 9.69 Å². The molecule has 120 valence electrons. The number of likely N-dealkylation sites (tertiary alicyclic amines) is 1. The van der Waals surface area contributed by atoms with E-state index in [1.165, 1.54) is 19.4 Å². The first-order valence-electron chi connectivity index (χ1n) is 7.11. The molecule has 0 aromatic carbocycles. The number of likely N-dealkylation sites (N-methyl/N-ethyl adjacent to an activating group) is 1. The summed E-state index contributed by atoms with van der Waals surface area (Å²) >= 11 is 0. The number of morpholine rings is 1. The van der Waals surface area contributed by atoms with Gasteiger partial charge in [-0.05, 0) is 25.9 Å². The first-order chi connectivity index (χ1) is 8.79. The highest BCUT2D eigenvalue weighted by molar-refractivity contribution is 5.85. The number of hydrogen-bond acceptors (Lipinski definition) is 4. The van der Waals surface area contributed by atoms with Gasteiger partial charge in [-0.15, -0.1) is 24.8 Å². The topological polar surface area (TPSA) is 53.6 Å². The fourth-order valence-corrected chi connectivity index (χ4v) is 2.82. The van der Waals surface area contributed by atoms with Gasteiger partial charge < -0.3 is 15.4 Å². The average molecular weight is 328 g/mol. The van der Waals surface area contributed by atoms with Crippen LogP contribution in [0.4, 0.5) is 0 Å². The molecule has 7 heteroatoms. The zero-order valence-corrected chi connectivity index (χ0v) is 13.7. The lowest BCUT2D eigenvalue weighted by atomic mass is 10.1. The largest absolute Gasteiger partial charge is 0.378 e. The lowest BCUT2D eigenvalue weighted by Crippen LogP contribution is -2.46. The predicted octanol–water partition coefficient (Wildman–Crippen LogP) is 0.809. The van der Waals surface area contributed by atoms with Crippen LogP contribution in [0.3, 0.4) is 0 Å². The molecule has 2 aliphatic rings. The number of amides is 1. The van der Waals surface area contributed by atoms with Crippen LogP contribution >= 0.6 is 24.8 Å². The minimum atomic E-state index is 0. The fourth-order valence-electron chi connectivity index (χ4n) is 2.82. The fraction of sp³-hybridized carbons (Fsp3) is 0.923. The van der Waals surface area contributed by atoms with Gasteiger partial charge in [0.05, 0.1) is 13.2 Å². The van der Waals surface area contributed by atoms with E-state index in [1.807, 2.05) is 0 Å². The second-order valence-corrected chi connectivity index (χ2v) is 5.16. The first kappa shape index (κ1) is 19.9. The minimum Gasteiger partial charge on any atom is -0.378 e. The van der Waals surface area contributed by atoms with E-state index in [-0.39, 0.29) is 36.8 Å². The Morgan fingerprint density at radius 1 is 1.45 bits per heavy atom. The number of ether oxygens (including phenoxy) is 1. The molecule has 1 amide bonds. The van der Waals surface area contributed by atoms with E-state index in [9.17, 15) is 4.79 Å². The third-order valence-corrected chi connectivity index (χ3v) is 3.87. The summed E-state index contributed by atoms with van der Waals surface area (Å²) < 4.78 is 5.34. The van der Waals surface area contributed by atoms with E-state index in [0.717, 1.165) is 26.2 Å². The highest BCUT2D eigenvalue weighted by Crippen LogP contribution is 2.15. The molecule has 5 nitrogen and oxygen atoms in total. The number of nitrogens with one attached hydrogen (secondary N) is 2. The van der Waals surface area contributed by atoms with Crippen molar-refractivity contribution in [3.63, 3.8) is 0 Å². The summed E-state index contributed by atoms with van der Waals surface area (Å²) in [7, 11) is 0. The van der Waals surface area contributed by atoms with Crippen LogP contribution in [-0.4, -0.2) is 62.3 Å². The van der Waals surface area contributed by atoms with Gasteiger partial charge in [0.15, 0.2) is 0 Å². The average Bonchev–Trinajstić information content (AvgIpc) is 2.85. The number of carbonyl (C=O) groups is 1. The summed E-state index contributed by atoms with van der Waals surface area (Å²) in [4.78, 5) is 14.3. The van der Waals surface area contributed by atoms with E-state index >= 15 is 0 Å². The number of nitrogens with zero attached hydrogens (tertiary/aromatic N) is 1. The number of rotatable bonds is 5. The monoisotopic (exact) mass is 327 g/mol. The van der Waals surface area contributed by atoms with Crippen molar-refractivity contribution in [2.75, 3.05) is 39.4 Å². The Bertz CT molecular complexity index is 276. The van der Waals surface area contributed by atoms with E-state index in [4.69, 9.17) is 4.74 Å². The lowest BCUT2D eigenvalue weighted by Gasteiger charge is -2.25. The highest BCUT2D eigenvalue weighted by Gasteiger charge is 2.23. The second-order valence-electron chi connectivity index (χ2n) is 5.16. The number of halogens is 2. The maximum absolute atomic E-state index is 11.8. The van der Waals surface area contributed by atoms with Gasteiger partial charge in [0.2, 0.25) is 5.91 Å². The van der Waals surface area contributed by atoms with Crippen LogP contribution in [0.2, 0.25) is 0 Å².